The zero-order chi connectivity index (χ0) is 26.1. The van der Waals surface area contributed by atoms with Crippen LogP contribution in [0.3, 0.4) is 0 Å². The molecular weight excluding hydrogens is 462 g/mol. The molecule has 5 rings (SSSR count). The highest BCUT2D eigenvalue weighted by Gasteiger charge is 2.30. The van der Waals surface area contributed by atoms with Crippen molar-refractivity contribution < 1.29 is 19.7 Å². The van der Waals surface area contributed by atoms with E-state index in [1.807, 2.05) is 37.3 Å². The molecule has 0 aromatic heterocycles. The highest BCUT2D eigenvalue weighted by molar-refractivity contribution is 5.96. The number of hydrogen-bond donors (Lipinski definition) is 2. The number of benzene rings is 3. The summed E-state index contributed by atoms with van der Waals surface area (Å²) in [6.07, 6.45) is 2.54. The Labute approximate surface area is 219 Å². The number of allylic oxidation sites excluding steroid dienone is 1. The van der Waals surface area contributed by atoms with Gasteiger partial charge in [-0.15, -0.1) is 0 Å². The molecule has 3 aromatic rings. The summed E-state index contributed by atoms with van der Waals surface area (Å²) in [6, 6.07) is 19.2. The van der Waals surface area contributed by atoms with E-state index in [0.717, 1.165) is 58.3 Å². The molecule has 0 bridgehead atoms. The Balaban J connectivity index is 1.44. The molecule has 0 saturated carbocycles. The van der Waals surface area contributed by atoms with Gasteiger partial charge in [0.05, 0.1) is 0 Å². The number of likely N-dealkylation sites (tertiary alicyclic amines) is 1. The van der Waals surface area contributed by atoms with Crippen LogP contribution >= 0.6 is 0 Å². The largest absolute Gasteiger partial charge is 0.508 e. The molecule has 37 heavy (non-hydrogen) atoms. The average Bonchev–Trinajstić information content (AvgIpc) is 3.35. The fourth-order valence-corrected chi connectivity index (χ4v) is 5.36. The van der Waals surface area contributed by atoms with E-state index >= 15 is 0 Å². The summed E-state index contributed by atoms with van der Waals surface area (Å²) in [5.41, 5.74) is 5.42. The smallest absolute Gasteiger partial charge is 0.150 e. The van der Waals surface area contributed by atoms with Crippen LogP contribution in [-0.4, -0.2) is 40.9 Å². The Hall–Kier alpha value is -3.70. The van der Waals surface area contributed by atoms with E-state index in [4.69, 9.17) is 9.47 Å². The molecule has 3 atom stereocenters. The lowest BCUT2D eigenvalue weighted by atomic mass is 9.85. The Morgan fingerprint density at radius 2 is 1.89 bits per heavy atom. The maximum Gasteiger partial charge on any atom is 0.150 e. The van der Waals surface area contributed by atoms with E-state index in [-0.39, 0.29) is 17.6 Å². The quantitative estimate of drug-likeness (QED) is 0.371. The summed E-state index contributed by atoms with van der Waals surface area (Å²) in [5.74, 6) is 2.69. The maximum atomic E-state index is 10.2. The highest BCUT2D eigenvalue weighted by Crippen LogP contribution is 2.48. The van der Waals surface area contributed by atoms with Crippen molar-refractivity contribution in [1.29, 1.82) is 0 Å². The minimum atomic E-state index is -0.363. The number of nitrogens with zero attached hydrogens (tertiary/aromatic N) is 1. The van der Waals surface area contributed by atoms with Gasteiger partial charge in [0.15, 0.2) is 0 Å². The molecule has 0 radical (unpaired) electrons. The number of phenolic OH excluding ortho intramolecular Hbond substituents is 2. The first-order valence-corrected chi connectivity index (χ1v) is 13.0. The fourth-order valence-electron chi connectivity index (χ4n) is 5.36. The summed E-state index contributed by atoms with van der Waals surface area (Å²) in [6.45, 7) is 13.4. The maximum absolute atomic E-state index is 10.2. The zero-order valence-electron chi connectivity index (χ0n) is 21.8. The van der Waals surface area contributed by atoms with E-state index < -0.39 is 0 Å². The highest BCUT2D eigenvalue weighted by atomic mass is 16.5. The van der Waals surface area contributed by atoms with Gasteiger partial charge in [-0.25, -0.2) is 0 Å². The van der Waals surface area contributed by atoms with E-state index in [9.17, 15) is 10.2 Å². The molecule has 0 amide bonds. The molecule has 3 aromatic carbocycles. The van der Waals surface area contributed by atoms with Crippen LogP contribution in [0, 0.1) is 5.92 Å². The zero-order valence-corrected chi connectivity index (χ0v) is 21.8. The van der Waals surface area contributed by atoms with Crippen molar-refractivity contribution in [2.75, 3.05) is 19.7 Å². The van der Waals surface area contributed by atoms with E-state index in [2.05, 4.69) is 37.5 Å². The lowest BCUT2D eigenvalue weighted by molar-refractivity contribution is 0.169. The van der Waals surface area contributed by atoms with Crippen LogP contribution in [0.15, 0.2) is 67.2 Å². The van der Waals surface area contributed by atoms with Gasteiger partial charge in [-0.1, -0.05) is 37.8 Å². The third-order valence-corrected chi connectivity index (χ3v) is 7.59. The Morgan fingerprint density at radius 3 is 2.59 bits per heavy atom. The van der Waals surface area contributed by atoms with Crippen LogP contribution in [0.25, 0.3) is 17.2 Å². The van der Waals surface area contributed by atoms with Crippen molar-refractivity contribution in [3.8, 4) is 23.0 Å². The lowest BCUT2D eigenvalue weighted by Gasteiger charge is -2.31. The molecule has 192 valence electrons. The molecule has 0 aliphatic carbocycles. The first-order chi connectivity index (χ1) is 17.8. The Kier molecular flexibility index (Phi) is 6.98. The Morgan fingerprint density at radius 1 is 1.11 bits per heavy atom. The second-order valence-corrected chi connectivity index (χ2v) is 10.3. The van der Waals surface area contributed by atoms with Gasteiger partial charge in [-0.3, -0.25) is 4.90 Å². The van der Waals surface area contributed by atoms with Gasteiger partial charge in [0.1, 0.15) is 35.7 Å². The van der Waals surface area contributed by atoms with Crippen molar-refractivity contribution in [1.82, 2.24) is 4.90 Å². The number of rotatable bonds is 7. The van der Waals surface area contributed by atoms with Crippen molar-refractivity contribution in [3.63, 3.8) is 0 Å². The van der Waals surface area contributed by atoms with Crippen LogP contribution in [0.4, 0.5) is 0 Å². The lowest BCUT2D eigenvalue weighted by Crippen LogP contribution is -2.35. The number of hydrogen-bond acceptors (Lipinski definition) is 5. The van der Waals surface area contributed by atoms with E-state index in [0.29, 0.717) is 18.2 Å². The van der Waals surface area contributed by atoms with Crippen LogP contribution in [-0.2, 0) is 0 Å². The predicted octanol–water partition coefficient (Wildman–Crippen LogP) is 6.91. The normalized spacial score (nSPS) is 20.3. The molecule has 2 aliphatic heterocycles. The van der Waals surface area contributed by atoms with Crippen molar-refractivity contribution in [2.45, 2.75) is 39.3 Å². The molecule has 0 spiro atoms. The van der Waals surface area contributed by atoms with Gasteiger partial charge in [-0.05, 0) is 91.9 Å². The second kappa shape index (κ2) is 10.3. The molecular formula is C32H35NO4. The summed E-state index contributed by atoms with van der Waals surface area (Å²) >= 11 is 0. The van der Waals surface area contributed by atoms with Crippen LogP contribution < -0.4 is 9.47 Å². The van der Waals surface area contributed by atoms with Gasteiger partial charge in [0.2, 0.25) is 0 Å². The summed E-state index contributed by atoms with van der Waals surface area (Å²) in [7, 11) is 0. The van der Waals surface area contributed by atoms with Gasteiger partial charge >= 0.3 is 0 Å². The van der Waals surface area contributed by atoms with Crippen LogP contribution in [0.5, 0.6) is 23.0 Å². The molecule has 2 heterocycles. The van der Waals surface area contributed by atoms with Gasteiger partial charge in [0, 0.05) is 29.3 Å². The summed E-state index contributed by atoms with van der Waals surface area (Å²) in [5, 5.41) is 20.3. The summed E-state index contributed by atoms with van der Waals surface area (Å²) in [4.78, 5) is 2.50. The van der Waals surface area contributed by atoms with Gasteiger partial charge in [0.25, 0.3) is 0 Å². The molecule has 2 N–H and O–H groups in total. The molecule has 2 aliphatic rings. The molecule has 1 saturated heterocycles. The van der Waals surface area contributed by atoms with Crippen molar-refractivity contribution in [3.05, 3.63) is 89.5 Å². The third-order valence-electron chi connectivity index (χ3n) is 7.59. The monoisotopic (exact) mass is 497 g/mol. The minimum Gasteiger partial charge on any atom is -0.508 e. The van der Waals surface area contributed by atoms with Crippen LogP contribution in [0.2, 0.25) is 0 Å². The van der Waals surface area contributed by atoms with Crippen LogP contribution in [0.1, 0.15) is 55.5 Å². The van der Waals surface area contributed by atoms with E-state index in [1.165, 1.54) is 6.42 Å². The SMILES string of the molecule is C=Cc1cc(C2=C(C)c3cc(O)ccc3OC2c2ccc(OC[C@H](C)N3CC[C@@H](C)C3)cc2)ccc1O. The second-order valence-electron chi connectivity index (χ2n) is 10.3. The average molecular weight is 498 g/mol. The Bertz CT molecular complexity index is 1330. The molecule has 1 unspecified atom stereocenters. The van der Waals surface area contributed by atoms with E-state index in [1.54, 1.807) is 24.3 Å². The van der Waals surface area contributed by atoms with Gasteiger partial charge in [-0.2, -0.15) is 0 Å². The number of fused-ring (bicyclic) bond motifs is 1. The number of ether oxygens (including phenoxy) is 2. The first kappa shape index (κ1) is 25.0. The minimum absolute atomic E-state index is 0.183. The van der Waals surface area contributed by atoms with Crippen molar-refractivity contribution in [2.24, 2.45) is 5.92 Å². The predicted molar refractivity (Wildman–Crippen MR) is 149 cm³/mol. The molecule has 1 fully saturated rings. The first-order valence-electron chi connectivity index (χ1n) is 13.0. The molecule has 5 nitrogen and oxygen atoms in total. The fraction of sp³-hybridized carbons (Fsp3) is 0.312. The number of aromatic hydroxyl groups is 2. The van der Waals surface area contributed by atoms with Crippen molar-refractivity contribution >= 4 is 17.2 Å². The van der Waals surface area contributed by atoms with Gasteiger partial charge < -0.3 is 19.7 Å². The molecule has 5 heteroatoms. The topological polar surface area (TPSA) is 62.2 Å². The number of phenols is 2. The standard InChI is InChI=1S/C32H35NO4/c1-5-23-16-25(8-12-29(23)35)31-22(4)28-17-26(34)9-13-30(28)37-32(31)24-6-10-27(11-7-24)36-19-21(3)33-15-14-20(2)18-33/h5-13,16-17,20-21,32,34-35H,1,14-15,18-19H2,2-4H3/t20-,21+,32?/m1/s1. The summed E-state index contributed by atoms with van der Waals surface area (Å²) < 4.78 is 12.7. The third kappa shape index (κ3) is 5.09.